The lowest BCUT2D eigenvalue weighted by molar-refractivity contribution is -0.142. The maximum atomic E-state index is 12.6. The molecule has 0 spiro atoms. The highest BCUT2D eigenvalue weighted by atomic mass is 16.2. The van der Waals surface area contributed by atoms with Gasteiger partial charge >= 0.3 is 0 Å². The van der Waals surface area contributed by atoms with Gasteiger partial charge in [0.2, 0.25) is 5.91 Å². The summed E-state index contributed by atoms with van der Waals surface area (Å²) in [6.45, 7) is 7.98. The van der Waals surface area contributed by atoms with E-state index in [2.05, 4.69) is 54.0 Å². The molecule has 0 saturated carbocycles. The number of rotatable bonds is 4. The highest BCUT2D eigenvalue weighted by molar-refractivity contribution is 5.78. The zero-order valence-electron chi connectivity index (χ0n) is 15.0. The first-order chi connectivity index (χ1) is 11.7. The van der Waals surface area contributed by atoms with Crippen molar-refractivity contribution < 1.29 is 4.79 Å². The lowest BCUT2D eigenvalue weighted by atomic mass is 9.79. The van der Waals surface area contributed by atoms with Crippen LogP contribution in [0.1, 0.15) is 45.1 Å². The van der Waals surface area contributed by atoms with Gasteiger partial charge in [-0.2, -0.15) is 0 Å². The lowest BCUT2D eigenvalue weighted by Crippen LogP contribution is -2.57. The molecule has 3 saturated heterocycles. The second-order valence-corrected chi connectivity index (χ2v) is 8.22. The molecule has 0 bridgehead atoms. The number of carbonyl (C=O) groups excluding carboxylic acids is 1. The first-order valence-electron chi connectivity index (χ1n) is 9.74. The fraction of sp³-hybridized carbons (Fsp3) is 0.667. The standard InChI is InChI=1S/C21H30N2O/c1-3-15(2)19-11-18-14-22(12-16-7-5-4-6-8-16)13-17-9-10-20(24)23(19)21(17)18/h4-8,15,17-19,21H,3,9-14H2,1-2H3/t15-,17-,18?,19?,21-/m1/s1. The van der Waals surface area contributed by atoms with Gasteiger partial charge in [-0.3, -0.25) is 9.69 Å². The maximum absolute atomic E-state index is 12.6. The molecule has 3 heterocycles. The average molecular weight is 326 g/mol. The normalized spacial score (nSPS) is 34.2. The average Bonchev–Trinajstić information content (AvgIpc) is 2.99. The van der Waals surface area contributed by atoms with Crippen molar-refractivity contribution in [3.8, 4) is 0 Å². The summed E-state index contributed by atoms with van der Waals surface area (Å²) in [4.78, 5) is 17.6. The highest BCUT2D eigenvalue weighted by Gasteiger charge is 2.52. The van der Waals surface area contributed by atoms with Crippen molar-refractivity contribution in [1.29, 1.82) is 0 Å². The van der Waals surface area contributed by atoms with Crippen molar-refractivity contribution in [2.45, 2.75) is 58.2 Å². The number of likely N-dealkylation sites (tertiary alicyclic amines) is 1. The number of hydrogen-bond donors (Lipinski definition) is 0. The molecule has 0 aromatic heterocycles. The van der Waals surface area contributed by atoms with Gasteiger partial charge in [0.1, 0.15) is 0 Å². The molecule has 3 fully saturated rings. The number of amides is 1. The van der Waals surface area contributed by atoms with E-state index < -0.39 is 0 Å². The van der Waals surface area contributed by atoms with Crippen LogP contribution in [0.4, 0.5) is 0 Å². The van der Waals surface area contributed by atoms with Gasteiger partial charge < -0.3 is 4.90 Å². The highest BCUT2D eigenvalue weighted by Crippen LogP contribution is 2.45. The Kier molecular flexibility index (Phi) is 4.38. The largest absolute Gasteiger partial charge is 0.336 e. The van der Waals surface area contributed by atoms with Gasteiger partial charge in [0.25, 0.3) is 0 Å². The smallest absolute Gasteiger partial charge is 0.223 e. The monoisotopic (exact) mass is 326 g/mol. The van der Waals surface area contributed by atoms with E-state index in [1.165, 1.54) is 18.4 Å². The molecule has 130 valence electrons. The molecule has 5 atom stereocenters. The predicted molar refractivity (Wildman–Crippen MR) is 96.4 cm³/mol. The Balaban J connectivity index is 1.53. The molecule has 24 heavy (non-hydrogen) atoms. The van der Waals surface area contributed by atoms with E-state index in [4.69, 9.17) is 0 Å². The Bertz CT molecular complexity index is 587. The van der Waals surface area contributed by atoms with Crippen molar-refractivity contribution in [1.82, 2.24) is 9.80 Å². The van der Waals surface area contributed by atoms with E-state index >= 15 is 0 Å². The molecule has 4 rings (SSSR count). The van der Waals surface area contributed by atoms with E-state index in [-0.39, 0.29) is 0 Å². The minimum Gasteiger partial charge on any atom is -0.336 e. The third-order valence-corrected chi connectivity index (χ3v) is 6.74. The summed E-state index contributed by atoms with van der Waals surface area (Å²) in [5.41, 5.74) is 1.41. The van der Waals surface area contributed by atoms with Crippen LogP contribution in [0.5, 0.6) is 0 Å². The lowest BCUT2D eigenvalue weighted by Gasteiger charge is -2.47. The minimum absolute atomic E-state index is 0.431. The number of hydrogen-bond acceptors (Lipinski definition) is 2. The van der Waals surface area contributed by atoms with Crippen LogP contribution in [0.2, 0.25) is 0 Å². The molecule has 3 heteroatoms. The molecule has 0 radical (unpaired) electrons. The summed E-state index contributed by atoms with van der Waals surface area (Å²) in [7, 11) is 0. The second kappa shape index (κ2) is 6.51. The van der Waals surface area contributed by atoms with Crippen LogP contribution in [0.3, 0.4) is 0 Å². The minimum atomic E-state index is 0.431. The van der Waals surface area contributed by atoms with E-state index in [1.807, 2.05) is 0 Å². The quantitative estimate of drug-likeness (QED) is 0.845. The summed E-state index contributed by atoms with van der Waals surface area (Å²) in [5, 5.41) is 0. The third-order valence-electron chi connectivity index (χ3n) is 6.74. The predicted octanol–water partition coefficient (Wildman–Crippen LogP) is 3.54. The van der Waals surface area contributed by atoms with Crippen molar-refractivity contribution in [3.05, 3.63) is 35.9 Å². The van der Waals surface area contributed by atoms with Gasteiger partial charge in [-0.1, -0.05) is 50.6 Å². The third kappa shape index (κ3) is 2.77. The Morgan fingerprint density at radius 2 is 1.92 bits per heavy atom. The summed E-state index contributed by atoms with van der Waals surface area (Å²) in [6, 6.07) is 11.8. The molecular formula is C21H30N2O. The van der Waals surface area contributed by atoms with Gasteiger partial charge in [0.15, 0.2) is 0 Å². The maximum Gasteiger partial charge on any atom is 0.223 e. The molecule has 1 amide bonds. The van der Waals surface area contributed by atoms with Crippen molar-refractivity contribution in [2.75, 3.05) is 13.1 Å². The number of benzene rings is 1. The molecule has 0 aliphatic carbocycles. The van der Waals surface area contributed by atoms with Crippen LogP contribution < -0.4 is 0 Å². The molecule has 3 aliphatic heterocycles. The van der Waals surface area contributed by atoms with E-state index in [0.717, 1.165) is 32.5 Å². The topological polar surface area (TPSA) is 23.6 Å². The van der Waals surface area contributed by atoms with Crippen LogP contribution in [0.25, 0.3) is 0 Å². The van der Waals surface area contributed by atoms with E-state index in [9.17, 15) is 4.79 Å². The summed E-state index contributed by atoms with van der Waals surface area (Å²) in [5.74, 6) is 2.41. The SMILES string of the molecule is CC[C@@H](C)C1CC2CN(Cc3ccccc3)C[C@H]3CCC(=O)N1[C@@H]23. The van der Waals surface area contributed by atoms with Crippen LogP contribution in [0.15, 0.2) is 30.3 Å². The molecule has 0 N–H and O–H groups in total. The van der Waals surface area contributed by atoms with Crippen LogP contribution in [0, 0.1) is 17.8 Å². The number of nitrogens with zero attached hydrogens (tertiary/aromatic N) is 2. The summed E-state index contributed by atoms with van der Waals surface area (Å²) >= 11 is 0. The van der Waals surface area contributed by atoms with Crippen LogP contribution >= 0.6 is 0 Å². The van der Waals surface area contributed by atoms with E-state index in [1.54, 1.807) is 0 Å². The van der Waals surface area contributed by atoms with Crippen molar-refractivity contribution >= 4 is 5.91 Å². The van der Waals surface area contributed by atoms with Crippen molar-refractivity contribution in [3.63, 3.8) is 0 Å². The summed E-state index contributed by atoms with van der Waals surface area (Å²) in [6.07, 6.45) is 4.24. The molecule has 2 unspecified atom stereocenters. The molecule has 1 aromatic carbocycles. The Morgan fingerprint density at radius 1 is 1.17 bits per heavy atom. The Labute approximate surface area is 146 Å². The molecule has 1 aromatic rings. The van der Waals surface area contributed by atoms with Gasteiger partial charge in [-0.25, -0.2) is 0 Å². The molecular weight excluding hydrogens is 296 g/mol. The Hall–Kier alpha value is -1.35. The number of piperidine rings is 2. The van der Waals surface area contributed by atoms with Gasteiger partial charge in [-0.05, 0) is 36.2 Å². The first-order valence-corrected chi connectivity index (χ1v) is 9.74. The molecule has 3 nitrogen and oxygen atoms in total. The second-order valence-electron chi connectivity index (χ2n) is 8.22. The van der Waals surface area contributed by atoms with Gasteiger partial charge in [-0.15, -0.1) is 0 Å². The van der Waals surface area contributed by atoms with Gasteiger partial charge in [0, 0.05) is 38.1 Å². The van der Waals surface area contributed by atoms with Crippen molar-refractivity contribution in [2.24, 2.45) is 17.8 Å². The molecule has 3 aliphatic rings. The first kappa shape index (κ1) is 16.1. The van der Waals surface area contributed by atoms with E-state index in [0.29, 0.717) is 35.7 Å². The zero-order chi connectivity index (χ0) is 16.7. The fourth-order valence-corrected chi connectivity index (χ4v) is 5.45. The van der Waals surface area contributed by atoms with Crippen LogP contribution in [-0.4, -0.2) is 40.9 Å². The number of carbonyl (C=O) groups is 1. The Morgan fingerprint density at radius 3 is 2.67 bits per heavy atom. The zero-order valence-corrected chi connectivity index (χ0v) is 15.0. The fourth-order valence-electron chi connectivity index (χ4n) is 5.45. The summed E-state index contributed by atoms with van der Waals surface area (Å²) < 4.78 is 0. The van der Waals surface area contributed by atoms with Crippen LogP contribution in [-0.2, 0) is 11.3 Å². The van der Waals surface area contributed by atoms with Gasteiger partial charge in [0.05, 0.1) is 0 Å².